The Hall–Kier alpha value is -3.39. The van der Waals surface area contributed by atoms with Gasteiger partial charge in [-0.3, -0.25) is 4.98 Å². The molecule has 0 amide bonds. The van der Waals surface area contributed by atoms with Gasteiger partial charge in [0.05, 0.1) is 16.6 Å². The summed E-state index contributed by atoms with van der Waals surface area (Å²) < 4.78 is 2.29. The smallest absolute Gasteiger partial charge is 0.0948 e. The number of hydrogen-bond acceptors (Lipinski definition) is 1. The first-order valence-electron chi connectivity index (χ1n) is 8.50. The van der Waals surface area contributed by atoms with Gasteiger partial charge in [-0.15, -0.1) is 0 Å². The third kappa shape index (κ3) is 1.61. The van der Waals surface area contributed by atoms with E-state index in [2.05, 4.69) is 82.3 Å². The molecule has 0 aliphatic rings. The van der Waals surface area contributed by atoms with E-state index in [1.807, 2.05) is 12.3 Å². The molecule has 0 saturated heterocycles. The van der Waals surface area contributed by atoms with Gasteiger partial charge in [0.2, 0.25) is 0 Å². The largest absolute Gasteiger partial charge is 0.314 e. The zero-order valence-corrected chi connectivity index (χ0v) is 13.5. The molecule has 25 heavy (non-hydrogen) atoms. The summed E-state index contributed by atoms with van der Waals surface area (Å²) in [6.45, 7) is 0. The minimum atomic E-state index is 1.06. The van der Waals surface area contributed by atoms with E-state index in [0.29, 0.717) is 0 Å². The molecule has 0 fully saturated rings. The Balaban J connectivity index is 2.06. The van der Waals surface area contributed by atoms with Crippen LogP contribution in [0.4, 0.5) is 0 Å². The van der Waals surface area contributed by atoms with Crippen molar-refractivity contribution in [3.63, 3.8) is 0 Å². The van der Waals surface area contributed by atoms with Gasteiger partial charge in [0.1, 0.15) is 0 Å². The van der Waals surface area contributed by atoms with Crippen LogP contribution >= 0.6 is 0 Å². The lowest BCUT2D eigenvalue weighted by Crippen LogP contribution is -1.93. The van der Waals surface area contributed by atoms with Gasteiger partial charge in [-0.1, -0.05) is 54.6 Å². The quantitative estimate of drug-likeness (QED) is 0.316. The molecule has 3 aromatic carbocycles. The number of hydrogen-bond donors (Lipinski definition) is 0. The van der Waals surface area contributed by atoms with Crippen molar-refractivity contribution in [3.8, 4) is 0 Å². The summed E-state index contributed by atoms with van der Waals surface area (Å²) in [5, 5.41) is 7.60. The first-order chi connectivity index (χ1) is 12.4. The summed E-state index contributed by atoms with van der Waals surface area (Å²) in [7, 11) is 0. The van der Waals surface area contributed by atoms with E-state index in [1.54, 1.807) is 0 Å². The molecule has 3 heterocycles. The zero-order chi connectivity index (χ0) is 16.4. The molecule has 0 atom stereocenters. The molecule has 6 rings (SSSR count). The summed E-state index contributed by atoms with van der Waals surface area (Å²) in [5.41, 5.74) is 3.47. The van der Waals surface area contributed by atoms with E-state index in [4.69, 9.17) is 0 Å². The molecule has 2 heteroatoms. The van der Waals surface area contributed by atoms with E-state index >= 15 is 0 Å². The van der Waals surface area contributed by atoms with Crippen molar-refractivity contribution in [1.29, 1.82) is 0 Å². The van der Waals surface area contributed by atoms with Crippen LogP contribution in [0.2, 0.25) is 0 Å². The lowest BCUT2D eigenvalue weighted by atomic mass is 9.97. The van der Waals surface area contributed by atoms with Crippen molar-refractivity contribution in [1.82, 2.24) is 9.38 Å². The number of rotatable bonds is 0. The van der Waals surface area contributed by atoms with Crippen LogP contribution in [0.15, 0.2) is 85.2 Å². The monoisotopic (exact) mass is 318 g/mol. The highest BCUT2D eigenvalue weighted by Gasteiger charge is 2.13. The van der Waals surface area contributed by atoms with Gasteiger partial charge in [-0.05, 0) is 34.4 Å². The standard InChI is InChI=1S/C23H14N2/c1-2-6-17-15(5-1)9-10-16-11-12-19-18-7-3-13-24-22(18)20-8-4-14-25(20)23(19)21(16)17/h1-14H. The van der Waals surface area contributed by atoms with Crippen LogP contribution in [0.3, 0.4) is 0 Å². The Morgan fingerprint density at radius 1 is 0.640 bits per heavy atom. The minimum absolute atomic E-state index is 1.06. The number of pyridine rings is 2. The molecule has 0 unspecified atom stereocenters. The predicted molar refractivity (Wildman–Crippen MR) is 105 cm³/mol. The Bertz CT molecular complexity index is 1440. The van der Waals surface area contributed by atoms with Crippen LogP contribution < -0.4 is 0 Å². The maximum Gasteiger partial charge on any atom is 0.0948 e. The Kier molecular flexibility index (Phi) is 2.37. The molecule has 6 aromatic rings. The summed E-state index contributed by atoms with van der Waals surface area (Å²) in [4.78, 5) is 4.65. The fourth-order valence-corrected chi connectivity index (χ4v) is 4.14. The first kappa shape index (κ1) is 13.0. The Morgan fingerprint density at radius 2 is 1.48 bits per heavy atom. The van der Waals surface area contributed by atoms with Gasteiger partial charge >= 0.3 is 0 Å². The van der Waals surface area contributed by atoms with Gasteiger partial charge in [-0.2, -0.15) is 0 Å². The number of nitrogens with zero attached hydrogens (tertiary/aromatic N) is 2. The molecule has 0 bridgehead atoms. The van der Waals surface area contributed by atoms with Crippen molar-refractivity contribution in [3.05, 3.63) is 85.2 Å². The Labute approximate surface area is 143 Å². The molecule has 0 radical (unpaired) electrons. The van der Waals surface area contributed by atoms with Crippen molar-refractivity contribution in [2.75, 3.05) is 0 Å². The number of benzene rings is 3. The van der Waals surface area contributed by atoms with E-state index in [-0.39, 0.29) is 0 Å². The fourth-order valence-electron chi connectivity index (χ4n) is 4.14. The first-order valence-corrected chi connectivity index (χ1v) is 8.50. The fraction of sp³-hybridized carbons (Fsp3) is 0. The summed E-state index contributed by atoms with van der Waals surface area (Å²) in [5.74, 6) is 0. The molecular formula is C23H14N2. The van der Waals surface area contributed by atoms with E-state index in [9.17, 15) is 0 Å². The molecule has 3 aromatic heterocycles. The molecule has 0 spiro atoms. The van der Waals surface area contributed by atoms with Crippen LogP contribution in [0.25, 0.3) is 48.9 Å². The van der Waals surface area contributed by atoms with E-state index in [0.717, 1.165) is 11.0 Å². The lowest BCUT2D eigenvalue weighted by molar-refractivity contribution is 1.28. The Morgan fingerprint density at radius 3 is 2.48 bits per heavy atom. The highest BCUT2D eigenvalue weighted by molar-refractivity contribution is 6.24. The predicted octanol–water partition coefficient (Wildman–Crippen LogP) is 5.95. The van der Waals surface area contributed by atoms with Gasteiger partial charge in [-0.25, -0.2) is 0 Å². The summed E-state index contributed by atoms with van der Waals surface area (Å²) in [6, 6.07) is 26.0. The second-order valence-corrected chi connectivity index (χ2v) is 6.51. The van der Waals surface area contributed by atoms with Crippen LogP contribution in [-0.2, 0) is 0 Å². The van der Waals surface area contributed by atoms with Gasteiger partial charge in [0.25, 0.3) is 0 Å². The summed E-state index contributed by atoms with van der Waals surface area (Å²) in [6.07, 6.45) is 4.02. The minimum Gasteiger partial charge on any atom is -0.314 e. The van der Waals surface area contributed by atoms with Gasteiger partial charge in [0.15, 0.2) is 0 Å². The number of aromatic nitrogens is 2. The molecule has 0 N–H and O–H groups in total. The lowest BCUT2D eigenvalue weighted by Gasteiger charge is -2.13. The van der Waals surface area contributed by atoms with E-state index < -0.39 is 0 Å². The molecule has 2 nitrogen and oxygen atoms in total. The van der Waals surface area contributed by atoms with Crippen LogP contribution in [0, 0.1) is 0 Å². The van der Waals surface area contributed by atoms with Crippen LogP contribution in [0.5, 0.6) is 0 Å². The SMILES string of the molecule is c1ccc2c(c1)ccc1ccc3c4cccnc4c4cccn4c3c12. The van der Waals surface area contributed by atoms with Crippen molar-refractivity contribution < 1.29 is 0 Å². The van der Waals surface area contributed by atoms with Gasteiger partial charge < -0.3 is 4.40 Å². The third-order valence-corrected chi connectivity index (χ3v) is 5.21. The van der Waals surface area contributed by atoms with Crippen molar-refractivity contribution in [2.24, 2.45) is 0 Å². The average Bonchev–Trinajstić information content (AvgIpc) is 3.17. The third-order valence-electron chi connectivity index (χ3n) is 5.21. The normalized spacial score (nSPS) is 12.0. The molecule has 0 aliphatic heterocycles. The van der Waals surface area contributed by atoms with Crippen LogP contribution in [0.1, 0.15) is 0 Å². The molecule has 116 valence electrons. The van der Waals surface area contributed by atoms with Crippen molar-refractivity contribution >= 4 is 48.9 Å². The molecule has 0 aliphatic carbocycles. The average molecular weight is 318 g/mol. The maximum absolute atomic E-state index is 4.65. The zero-order valence-electron chi connectivity index (χ0n) is 13.5. The van der Waals surface area contributed by atoms with Gasteiger partial charge in [0, 0.05) is 28.6 Å². The topological polar surface area (TPSA) is 17.3 Å². The second-order valence-electron chi connectivity index (χ2n) is 6.51. The molecular weight excluding hydrogens is 304 g/mol. The van der Waals surface area contributed by atoms with E-state index in [1.165, 1.54) is 37.8 Å². The number of fused-ring (bicyclic) bond motifs is 10. The summed E-state index contributed by atoms with van der Waals surface area (Å²) >= 11 is 0. The second kappa shape index (κ2) is 4.58. The highest BCUT2D eigenvalue weighted by atomic mass is 14.9. The van der Waals surface area contributed by atoms with Crippen LogP contribution in [-0.4, -0.2) is 9.38 Å². The molecule has 0 saturated carbocycles. The highest BCUT2D eigenvalue weighted by Crippen LogP contribution is 2.36. The maximum atomic E-state index is 4.65. The van der Waals surface area contributed by atoms with Crippen molar-refractivity contribution in [2.45, 2.75) is 0 Å².